The van der Waals surface area contributed by atoms with E-state index >= 15 is 0 Å². The van der Waals surface area contributed by atoms with Crippen LogP contribution in [0.5, 0.6) is 0 Å². The first-order valence-corrected chi connectivity index (χ1v) is 13.9. The van der Waals surface area contributed by atoms with E-state index in [0.717, 1.165) is 69.1 Å². The highest BCUT2D eigenvalue weighted by Gasteiger charge is 2.15. The van der Waals surface area contributed by atoms with E-state index in [-0.39, 0.29) is 24.4 Å². The van der Waals surface area contributed by atoms with Gasteiger partial charge in [-0.05, 0) is 32.1 Å². The minimum Gasteiger partial charge on any atom is -1.00 e. The molecule has 1 aromatic rings. The SMILES string of the molecule is CCCCCCC(O)CC=CCCCCCCCC(=O)NCCC[N+](C)(C)Cc1ccccc1.[Cl-]. The summed E-state index contributed by atoms with van der Waals surface area (Å²) in [6, 6.07) is 10.6. The van der Waals surface area contributed by atoms with Gasteiger partial charge in [-0.1, -0.05) is 94.4 Å². The Morgan fingerprint density at radius 3 is 2.37 bits per heavy atom. The molecule has 0 bridgehead atoms. The van der Waals surface area contributed by atoms with E-state index in [4.69, 9.17) is 0 Å². The first-order valence-electron chi connectivity index (χ1n) is 13.9. The molecule has 0 heterocycles. The third-order valence-corrected chi connectivity index (χ3v) is 6.46. The Kier molecular flexibility index (Phi) is 21.0. The number of aliphatic hydroxyl groups excluding tert-OH is 1. The van der Waals surface area contributed by atoms with Crippen molar-refractivity contribution >= 4 is 5.91 Å². The zero-order chi connectivity index (χ0) is 24.9. The molecule has 1 amide bonds. The molecule has 1 rings (SSSR count). The molecule has 1 unspecified atom stereocenters. The number of unbranched alkanes of at least 4 members (excludes halogenated alkanes) is 8. The van der Waals surface area contributed by atoms with E-state index in [1.807, 2.05) is 0 Å². The van der Waals surface area contributed by atoms with Gasteiger partial charge in [0.25, 0.3) is 0 Å². The average Bonchev–Trinajstić information content (AvgIpc) is 2.81. The van der Waals surface area contributed by atoms with Gasteiger partial charge in [0.2, 0.25) is 5.91 Å². The zero-order valence-electron chi connectivity index (χ0n) is 22.8. The van der Waals surface area contributed by atoms with Crippen LogP contribution in [0.2, 0.25) is 0 Å². The number of hydrogen-bond acceptors (Lipinski definition) is 2. The Morgan fingerprint density at radius 1 is 0.943 bits per heavy atom. The Hall–Kier alpha value is -1.36. The minimum absolute atomic E-state index is 0. The van der Waals surface area contributed by atoms with Crippen LogP contribution in [0.1, 0.15) is 102 Å². The van der Waals surface area contributed by atoms with Gasteiger partial charge in [0.05, 0.1) is 26.7 Å². The van der Waals surface area contributed by atoms with E-state index in [1.165, 1.54) is 44.1 Å². The summed E-state index contributed by atoms with van der Waals surface area (Å²) in [7, 11) is 4.51. The van der Waals surface area contributed by atoms with Gasteiger partial charge < -0.3 is 27.3 Å². The molecule has 5 heteroatoms. The lowest BCUT2D eigenvalue weighted by molar-refractivity contribution is -0.903. The predicted octanol–water partition coefficient (Wildman–Crippen LogP) is 3.78. The summed E-state index contributed by atoms with van der Waals surface area (Å²) in [6.45, 7) is 5.06. The normalized spacial score (nSPS) is 12.5. The molecule has 0 saturated carbocycles. The maximum absolute atomic E-state index is 12.1. The van der Waals surface area contributed by atoms with Gasteiger partial charge in [-0.3, -0.25) is 4.79 Å². The third-order valence-electron chi connectivity index (χ3n) is 6.46. The van der Waals surface area contributed by atoms with Crippen molar-refractivity contribution in [3.05, 3.63) is 48.0 Å². The summed E-state index contributed by atoms with van der Waals surface area (Å²) in [4.78, 5) is 12.1. The number of nitrogens with zero attached hydrogens (tertiary/aromatic N) is 1. The number of benzene rings is 1. The molecule has 0 aliphatic rings. The fraction of sp³-hybridized carbons (Fsp3) is 0.700. The van der Waals surface area contributed by atoms with E-state index in [2.05, 4.69) is 68.8 Å². The Morgan fingerprint density at radius 2 is 1.63 bits per heavy atom. The highest BCUT2D eigenvalue weighted by molar-refractivity contribution is 5.75. The molecular weight excluding hydrogens is 456 g/mol. The van der Waals surface area contributed by atoms with Gasteiger partial charge >= 0.3 is 0 Å². The zero-order valence-corrected chi connectivity index (χ0v) is 23.6. The van der Waals surface area contributed by atoms with Crippen molar-refractivity contribution in [3.63, 3.8) is 0 Å². The largest absolute Gasteiger partial charge is 1.00 e. The Labute approximate surface area is 222 Å². The maximum atomic E-state index is 12.1. The summed E-state index contributed by atoms with van der Waals surface area (Å²) in [5.41, 5.74) is 1.36. The van der Waals surface area contributed by atoms with Crippen LogP contribution in [0.3, 0.4) is 0 Å². The quantitative estimate of drug-likeness (QED) is 0.151. The molecule has 4 nitrogen and oxygen atoms in total. The van der Waals surface area contributed by atoms with Crippen LogP contribution in [-0.4, -0.2) is 48.8 Å². The monoisotopic (exact) mass is 508 g/mol. The van der Waals surface area contributed by atoms with E-state index in [1.54, 1.807) is 0 Å². The number of rotatable bonds is 21. The first-order chi connectivity index (χ1) is 16.4. The van der Waals surface area contributed by atoms with Crippen molar-refractivity contribution in [3.8, 4) is 0 Å². The van der Waals surface area contributed by atoms with Gasteiger partial charge in [0.1, 0.15) is 6.54 Å². The van der Waals surface area contributed by atoms with Crippen LogP contribution in [-0.2, 0) is 11.3 Å². The lowest BCUT2D eigenvalue weighted by Gasteiger charge is -2.30. The number of aliphatic hydroxyl groups is 1. The second-order valence-corrected chi connectivity index (χ2v) is 10.5. The highest BCUT2D eigenvalue weighted by atomic mass is 35.5. The number of carbonyl (C=O) groups is 1. The lowest BCUT2D eigenvalue weighted by atomic mass is 10.1. The van der Waals surface area contributed by atoms with Crippen LogP contribution >= 0.6 is 0 Å². The average molecular weight is 509 g/mol. The second-order valence-electron chi connectivity index (χ2n) is 10.5. The van der Waals surface area contributed by atoms with E-state index in [9.17, 15) is 9.90 Å². The van der Waals surface area contributed by atoms with Crippen molar-refractivity contribution in [1.82, 2.24) is 5.32 Å². The summed E-state index contributed by atoms with van der Waals surface area (Å²) in [5.74, 6) is 0.199. The Bertz CT molecular complexity index is 649. The number of carbonyl (C=O) groups excluding carboxylic acids is 1. The fourth-order valence-corrected chi connectivity index (χ4v) is 4.35. The van der Waals surface area contributed by atoms with Crippen molar-refractivity contribution in [2.45, 2.75) is 109 Å². The predicted molar refractivity (Wildman–Crippen MR) is 146 cm³/mol. The van der Waals surface area contributed by atoms with Gasteiger partial charge in [0, 0.05) is 24.9 Å². The van der Waals surface area contributed by atoms with Crippen molar-refractivity contribution in [1.29, 1.82) is 0 Å². The topological polar surface area (TPSA) is 49.3 Å². The van der Waals surface area contributed by atoms with E-state index in [0.29, 0.717) is 6.42 Å². The van der Waals surface area contributed by atoms with Crippen molar-refractivity contribution < 1.29 is 26.8 Å². The number of nitrogens with one attached hydrogen (secondary N) is 1. The van der Waals surface area contributed by atoms with Crippen LogP contribution in [0, 0.1) is 0 Å². The molecule has 2 N–H and O–H groups in total. The summed E-state index contributed by atoms with van der Waals surface area (Å²) in [5, 5.41) is 13.1. The van der Waals surface area contributed by atoms with Crippen LogP contribution < -0.4 is 17.7 Å². The molecule has 0 saturated heterocycles. The highest BCUT2D eigenvalue weighted by Crippen LogP contribution is 2.11. The van der Waals surface area contributed by atoms with Crippen molar-refractivity contribution in [2.24, 2.45) is 0 Å². The molecule has 0 aliphatic heterocycles. The summed E-state index contributed by atoms with van der Waals surface area (Å²) < 4.78 is 0.939. The van der Waals surface area contributed by atoms with Gasteiger partial charge in [-0.2, -0.15) is 0 Å². The van der Waals surface area contributed by atoms with E-state index < -0.39 is 0 Å². The fourth-order valence-electron chi connectivity index (χ4n) is 4.35. The molecule has 0 aromatic heterocycles. The van der Waals surface area contributed by atoms with Gasteiger partial charge in [0.15, 0.2) is 0 Å². The van der Waals surface area contributed by atoms with Crippen molar-refractivity contribution in [2.75, 3.05) is 27.2 Å². The molecular formula is C30H53ClN2O2. The Balaban J connectivity index is 0.0000116. The molecule has 0 radical (unpaired) electrons. The number of amides is 1. The molecule has 0 fully saturated rings. The minimum atomic E-state index is -0.168. The first kappa shape index (κ1) is 33.6. The lowest BCUT2D eigenvalue weighted by Crippen LogP contribution is -3.00. The van der Waals surface area contributed by atoms with Gasteiger partial charge in [-0.25, -0.2) is 0 Å². The number of halogens is 1. The molecule has 202 valence electrons. The van der Waals surface area contributed by atoms with Crippen LogP contribution in [0.4, 0.5) is 0 Å². The smallest absolute Gasteiger partial charge is 0.219 e. The second kappa shape index (κ2) is 21.9. The van der Waals surface area contributed by atoms with Gasteiger partial charge in [-0.15, -0.1) is 0 Å². The van der Waals surface area contributed by atoms with Crippen LogP contribution in [0.25, 0.3) is 0 Å². The molecule has 0 aliphatic carbocycles. The molecule has 0 spiro atoms. The molecule has 1 atom stereocenters. The maximum Gasteiger partial charge on any atom is 0.219 e. The number of allylic oxidation sites excluding steroid dienone is 1. The molecule has 1 aromatic carbocycles. The third kappa shape index (κ3) is 20.5. The number of hydrogen-bond donors (Lipinski definition) is 2. The number of quaternary nitrogens is 1. The standard InChI is InChI=1S/C30H52N2O2.ClH/c1-4-5-6-16-22-29(33)23-17-11-9-7-8-10-12-18-24-30(34)31-25-19-26-32(2,3)27-28-20-14-13-15-21-28;/h11,13-15,17,20-21,29,33H,4-10,12,16,18-19,22-27H2,1-3H3;1H. The van der Waals surface area contributed by atoms with Crippen LogP contribution in [0.15, 0.2) is 42.5 Å². The summed E-state index contributed by atoms with van der Waals surface area (Å²) >= 11 is 0. The molecule has 35 heavy (non-hydrogen) atoms. The summed E-state index contributed by atoms with van der Waals surface area (Å²) in [6.07, 6.45) is 19.4.